The molecule has 25 heavy (non-hydrogen) atoms. The summed E-state index contributed by atoms with van der Waals surface area (Å²) < 4.78 is 0. The summed E-state index contributed by atoms with van der Waals surface area (Å²) in [6.45, 7) is 0.535. The number of benzene rings is 2. The quantitative estimate of drug-likeness (QED) is 0.645. The van der Waals surface area contributed by atoms with Gasteiger partial charge in [0.15, 0.2) is 0 Å². The van der Waals surface area contributed by atoms with Gasteiger partial charge in [-0.15, -0.1) is 0 Å². The molecule has 1 unspecified atom stereocenters. The van der Waals surface area contributed by atoms with Crippen LogP contribution in [0.15, 0.2) is 59.7 Å². The van der Waals surface area contributed by atoms with Gasteiger partial charge >= 0.3 is 0 Å². The third-order valence-electron chi connectivity index (χ3n) is 4.12. The average Bonchev–Trinajstić information content (AvgIpc) is 2.98. The van der Waals surface area contributed by atoms with Crippen LogP contribution >= 0.6 is 0 Å². The van der Waals surface area contributed by atoms with Gasteiger partial charge in [0.25, 0.3) is 5.91 Å². The first-order valence-electron chi connectivity index (χ1n) is 8.05. The van der Waals surface area contributed by atoms with Crippen LogP contribution < -0.4 is 5.43 Å². The first kappa shape index (κ1) is 16.7. The second-order valence-electron chi connectivity index (χ2n) is 5.97. The van der Waals surface area contributed by atoms with E-state index < -0.39 is 0 Å². The first-order valence-corrected chi connectivity index (χ1v) is 8.05. The van der Waals surface area contributed by atoms with E-state index in [1.165, 1.54) is 18.3 Å². The van der Waals surface area contributed by atoms with Crippen molar-refractivity contribution < 1.29 is 14.7 Å². The Labute approximate surface area is 145 Å². The first-order chi connectivity index (χ1) is 12.1. The van der Waals surface area contributed by atoms with Crippen LogP contribution in [0.2, 0.25) is 0 Å². The second kappa shape index (κ2) is 7.61. The SMILES string of the molecule is O=C(CN1CC(c2ccccc2)CC1=O)N/N=C/c1ccc(O)cc1. The van der Waals surface area contributed by atoms with E-state index in [1.807, 2.05) is 30.3 Å². The van der Waals surface area contributed by atoms with Crippen LogP contribution in [0.1, 0.15) is 23.5 Å². The number of likely N-dealkylation sites (tertiary alicyclic amines) is 1. The summed E-state index contributed by atoms with van der Waals surface area (Å²) in [6, 6.07) is 16.3. The van der Waals surface area contributed by atoms with Gasteiger partial charge in [-0.1, -0.05) is 30.3 Å². The smallest absolute Gasteiger partial charge is 0.259 e. The van der Waals surface area contributed by atoms with Crippen molar-refractivity contribution >= 4 is 18.0 Å². The molecule has 0 saturated carbocycles. The number of carbonyl (C=O) groups is 2. The molecule has 1 fully saturated rings. The zero-order valence-electron chi connectivity index (χ0n) is 13.6. The molecule has 0 aromatic heterocycles. The van der Waals surface area contributed by atoms with Crippen molar-refractivity contribution in [2.75, 3.05) is 13.1 Å². The van der Waals surface area contributed by atoms with Gasteiger partial charge in [0, 0.05) is 18.9 Å². The third-order valence-corrected chi connectivity index (χ3v) is 4.12. The standard InChI is InChI=1S/C19H19N3O3/c23-17-8-6-14(7-9-17)11-20-21-18(24)13-22-12-16(10-19(22)25)15-4-2-1-3-5-15/h1-9,11,16,23H,10,12-13H2,(H,21,24)/b20-11+. The Morgan fingerprint density at radius 1 is 1.20 bits per heavy atom. The second-order valence-corrected chi connectivity index (χ2v) is 5.97. The molecule has 1 aliphatic rings. The number of hydrazone groups is 1. The van der Waals surface area contributed by atoms with Gasteiger partial charge in [-0.25, -0.2) is 5.43 Å². The fourth-order valence-corrected chi connectivity index (χ4v) is 2.82. The Bertz CT molecular complexity index is 772. The number of rotatable bonds is 5. The molecule has 6 nitrogen and oxygen atoms in total. The summed E-state index contributed by atoms with van der Waals surface area (Å²) in [5.74, 6) is -0.0627. The van der Waals surface area contributed by atoms with E-state index in [9.17, 15) is 14.7 Å². The van der Waals surface area contributed by atoms with Crippen molar-refractivity contribution in [3.05, 3.63) is 65.7 Å². The van der Waals surface area contributed by atoms with E-state index in [-0.39, 0.29) is 30.0 Å². The maximum Gasteiger partial charge on any atom is 0.259 e. The maximum absolute atomic E-state index is 12.1. The van der Waals surface area contributed by atoms with Gasteiger partial charge in [0.1, 0.15) is 12.3 Å². The molecule has 0 bridgehead atoms. The van der Waals surface area contributed by atoms with Crippen LogP contribution in [0.5, 0.6) is 5.75 Å². The van der Waals surface area contributed by atoms with Gasteiger partial charge in [-0.2, -0.15) is 5.10 Å². The van der Waals surface area contributed by atoms with Crippen LogP contribution in [0.4, 0.5) is 0 Å². The number of phenols is 1. The summed E-state index contributed by atoms with van der Waals surface area (Å²) >= 11 is 0. The highest BCUT2D eigenvalue weighted by Gasteiger charge is 2.31. The molecule has 2 N–H and O–H groups in total. The van der Waals surface area contributed by atoms with Gasteiger partial charge < -0.3 is 10.0 Å². The van der Waals surface area contributed by atoms with Gasteiger partial charge in [0.05, 0.1) is 6.21 Å². The number of amides is 2. The summed E-state index contributed by atoms with van der Waals surface area (Å²) in [4.78, 5) is 25.6. The fraction of sp³-hybridized carbons (Fsp3) is 0.211. The number of phenolic OH excluding ortho intramolecular Hbond substituents is 1. The molecule has 1 saturated heterocycles. The predicted octanol–water partition coefficient (Wildman–Crippen LogP) is 1.86. The molecule has 128 valence electrons. The van der Waals surface area contributed by atoms with Crippen molar-refractivity contribution in [3.63, 3.8) is 0 Å². The van der Waals surface area contributed by atoms with Gasteiger partial charge in [-0.05, 0) is 35.4 Å². The van der Waals surface area contributed by atoms with E-state index in [1.54, 1.807) is 17.0 Å². The van der Waals surface area contributed by atoms with E-state index in [2.05, 4.69) is 10.5 Å². The lowest BCUT2D eigenvalue weighted by atomic mass is 9.99. The van der Waals surface area contributed by atoms with E-state index >= 15 is 0 Å². The topological polar surface area (TPSA) is 82.0 Å². The Morgan fingerprint density at radius 3 is 2.64 bits per heavy atom. The highest BCUT2D eigenvalue weighted by molar-refractivity contribution is 5.87. The highest BCUT2D eigenvalue weighted by atomic mass is 16.3. The fourth-order valence-electron chi connectivity index (χ4n) is 2.82. The minimum atomic E-state index is -0.336. The van der Waals surface area contributed by atoms with Crippen molar-refractivity contribution in [1.82, 2.24) is 10.3 Å². The Morgan fingerprint density at radius 2 is 1.92 bits per heavy atom. The summed E-state index contributed by atoms with van der Waals surface area (Å²) in [7, 11) is 0. The van der Waals surface area contributed by atoms with Crippen molar-refractivity contribution in [1.29, 1.82) is 0 Å². The number of nitrogens with zero attached hydrogens (tertiary/aromatic N) is 2. The van der Waals surface area contributed by atoms with Gasteiger partial charge in [-0.3, -0.25) is 9.59 Å². The highest BCUT2D eigenvalue weighted by Crippen LogP contribution is 2.27. The van der Waals surface area contributed by atoms with Crippen LogP contribution in [0, 0.1) is 0 Å². The molecular formula is C19H19N3O3. The van der Waals surface area contributed by atoms with E-state index in [4.69, 9.17) is 0 Å². The lowest BCUT2D eigenvalue weighted by Gasteiger charge is -2.15. The zero-order chi connectivity index (χ0) is 17.6. The molecule has 1 heterocycles. The van der Waals surface area contributed by atoms with Crippen LogP contribution in [-0.2, 0) is 9.59 Å². The number of carbonyl (C=O) groups excluding carboxylic acids is 2. The monoisotopic (exact) mass is 337 g/mol. The van der Waals surface area contributed by atoms with Crippen molar-refractivity contribution in [2.24, 2.45) is 5.10 Å². The Kier molecular flexibility index (Phi) is 5.09. The molecular weight excluding hydrogens is 318 g/mol. The normalized spacial score (nSPS) is 17.2. The summed E-state index contributed by atoms with van der Waals surface area (Å²) in [5, 5.41) is 13.1. The van der Waals surface area contributed by atoms with Crippen LogP contribution in [0.25, 0.3) is 0 Å². The molecule has 1 atom stereocenters. The number of nitrogens with one attached hydrogen (secondary N) is 1. The van der Waals surface area contributed by atoms with Crippen molar-refractivity contribution in [3.8, 4) is 5.75 Å². The molecule has 0 spiro atoms. The summed E-state index contributed by atoms with van der Waals surface area (Å²) in [5.41, 5.74) is 4.29. The van der Waals surface area contributed by atoms with Crippen LogP contribution in [0.3, 0.4) is 0 Å². The maximum atomic E-state index is 12.1. The Hall–Kier alpha value is -3.15. The predicted molar refractivity (Wildman–Crippen MR) is 94.2 cm³/mol. The van der Waals surface area contributed by atoms with E-state index in [0.717, 1.165) is 11.1 Å². The molecule has 2 aromatic carbocycles. The largest absolute Gasteiger partial charge is 0.508 e. The molecule has 0 radical (unpaired) electrons. The molecule has 2 amide bonds. The zero-order valence-corrected chi connectivity index (χ0v) is 13.6. The van der Waals surface area contributed by atoms with Crippen LogP contribution in [-0.4, -0.2) is 41.1 Å². The average molecular weight is 337 g/mol. The number of hydrogen-bond donors (Lipinski definition) is 2. The number of aromatic hydroxyl groups is 1. The lowest BCUT2D eigenvalue weighted by Crippen LogP contribution is -2.36. The molecule has 0 aliphatic carbocycles. The molecule has 2 aromatic rings. The minimum absolute atomic E-state index is 0.00488. The molecule has 3 rings (SSSR count). The molecule has 1 aliphatic heterocycles. The number of hydrogen-bond acceptors (Lipinski definition) is 4. The van der Waals surface area contributed by atoms with Gasteiger partial charge in [0.2, 0.25) is 5.91 Å². The minimum Gasteiger partial charge on any atom is -0.508 e. The third kappa shape index (κ3) is 4.44. The molecule has 6 heteroatoms. The Balaban J connectivity index is 1.51. The lowest BCUT2D eigenvalue weighted by molar-refractivity contribution is -0.133. The summed E-state index contributed by atoms with van der Waals surface area (Å²) in [6.07, 6.45) is 1.91. The van der Waals surface area contributed by atoms with Crippen molar-refractivity contribution in [2.45, 2.75) is 12.3 Å². The van der Waals surface area contributed by atoms with E-state index in [0.29, 0.717) is 13.0 Å².